The van der Waals surface area contributed by atoms with Gasteiger partial charge in [-0.1, -0.05) is 30.3 Å². The smallest absolute Gasteiger partial charge is 0.414 e. The molecular weight excluding hydrogens is 449 g/mol. The van der Waals surface area contributed by atoms with Gasteiger partial charge in [-0.3, -0.25) is 9.69 Å². The Morgan fingerprint density at radius 2 is 1.94 bits per heavy atom. The number of nitriles is 2. The fourth-order valence-corrected chi connectivity index (χ4v) is 4.79. The Morgan fingerprint density at radius 3 is 2.54 bits per heavy atom. The maximum Gasteiger partial charge on any atom is 0.414 e. The van der Waals surface area contributed by atoms with Crippen LogP contribution >= 0.6 is 0 Å². The average molecular weight is 476 g/mol. The van der Waals surface area contributed by atoms with Gasteiger partial charge < -0.3 is 15.0 Å². The summed E-state index contributed by atoms with van der Waals surface area (Å²) in [6.07, 6.45) is -0.233. The van der Waals surface area contributed by atoms with Crippen LogP contribution in [0.2, 0.25) is 0 Å². The highest BCUT2D eigenvalue weighted by molar-refractivity contribution is 5.90. The lowest BCUT2D eigenvalue weighted by molar-refractivity contribution is -0.119. The molecule has 1 N–H and O–H groups in total. The maximum absolute atomic E-state index is 15.1. The minimum Gasteiger partial charge on any atom is -0.442 e. The third kappa shape index (κ3) is 4.90. The molecule has 0 radical (unpaired) electrons. The van der Waals surface area contributed by atoms with E-state index in [4.69, 9.17) is 4.74 Å². The number of ether oxygens (including phenoxy) is 1. The molecular formula is C26H26FN5O3. The summed E-state index contributed by atoms with van der Waals surface area (Å²) < 4.78 is 20.4. The summed E-state index contributed by atoms with van der Waals surface area (Å²) >= 11 is 0. The quantitative estimate of drug-likeness (QED) is 0.682. The number of anilines is 2. The number of carbonyl (C=O) groups excluding carboxylic acids is 2. The molecule has 8 nitrogen and oxygen atoms in total. The molecule has 4 rings (SSSR count). The van der Waals surface area contributed by atoms with E-state index in [1.54, 1.807) is 12.1 Å². The van der Waals surface area contributed by atoms with E-state index in [0.29, 0.717) is 37.3 Å². The van der Waals surface area contributed by atoms with Crippen molar-refractivity contribution in [1.29, 1.82) is 10.5 Å². The molecule has 2 atom stereocenters. The minimum absolute atomic E-state index is 0.194. The van der Waals surface area contributed by atoms with Crippen LogP contribution in [0.25, 0.3) is 0 Å². The van der Waals surface area contributed by atoms with Gasteiger partial charge >= 0.3 is 6.09 Å². The number of nitrogens with zero attached hydrogens (tertiary/aromatic N) is 4. The third-order valence-electron chi connectivity index (χ3n) is 6.73. The molecule has 9 heteroatoms. The Bertz CT molecular complexity index is 1180. The number of hydrogen-bond donors (Lipinski definition) is 1. The van der Waals surface area contributed by atoms with Crippen molar-refractivity contribution in [2.45, 2.75) is 31.8 Å². The number of nitrogens with one attached hydrogen (secondary N) is 1. The molecule has 2 aromatic rings. The van der Waals surface area contributed by atoms with Gasteiger partial charge in [0.15, 0.2) is 0 Å². The molecule has 2 aliphatic rings. The highest BCUT2D eigenvalue weighted by Crippen LogP contribution is 2.45. The summed E-state index contributed by atoms with van der Waals surface area (Å²) in [7, 11) is 0. The van der Waals surface area contributed by atoms with Gasteiger partial charge in [0.1, 0.15) is 11.9 Å². The summed E-state index contributed by atoms with van der Waals surface area (Å²) in [5, 5.41) is 22.5. The molecule has 2 aliphatic heterocycles. The van der Waals surface area contributed by atoms with Crippen LogP contribution in [0.3, 0.4) is 0 Å². The Morgan fingerprint density at radius 1 is 1.23 bits per heavy atom. The van der Waals surface area contributed by atoms with Crippen LogP contribution in [0.15, 0.2) is 48.5 Å². The zero-order valence-corrected chi connectivity index (χ0v) is 19.4. The Labute approximate surface area is 203 Å². The van der Waals surface area contributed by atoms with Crippen molar-refractivity contribution < 1.29 is 18.7 Å². The molecule has 0 aliphatic carbocycles. The highest BCUT2D eigenvalue weighted by atomic mass is 19.1. The summed E-state index contributed by atoms with van der Waals surface area (Å²) in [6, 6.07) is 18.6. The fourth-order valence-electron chi connectivity index (χ4n) is 4.79. The summed E-state index contributed by atoms with van der Waals surface area (Å²) in [4.78, 5) is 26.6. The van der Waals surface area contributed by atoms with E-state index in [-0.39, 0.29) is 19.0 Å². The van der Waals surface area contributed by atoms with Crippen molar-refractivity contribution in [2.24, 2.45) is 5.41 Å². The van der Waals surface area contributed by atoms with Crippen LogP contribution in [-0.2, 0) is 9.53 Å². The number of piperidine rings is 1. The average Bonchev–Trinajstić information content (AvgIpc) is 3.25. The first-order valence-electron chi connectivity index (χ1n) is 11.5. The number of amides is 2. The summed E-state index contributed by atoms with van der Waals surface area (Å²) in [5.41, 5.74) is 0.731. The van der Waals surface area contributed by atoms with Crippen LogP contribution < -0.4 is 15.1 Å². The monoisotopic (exact) mass is 475 g/mol. The second-order valence-corrected chi connectivity index (χ2v) is 8.92. The molecule has 2 saturated heterocycles. The second kappa shape index (κ2) is 10.0. The molecule has 0 spiro atoms. The lowest BCUT2D eigenvalue weighted by atomic mass is 9.67. The molecule has 0 saturated carbocycles. The first-order chi connectivity index (χ1) is 16.9. The van der Waals surface area contributed by atoms with Gasteiger partial charge in [0.05, 0.1) is 47.9 Å². The first kappa shape index (κ1) is 24.0. The number of hydrogen-bond acceptors (Lipinski definition) is 6. The number of carbonyl (C=O) groups is 2. The van der Waals surface area contributed by atoms with Crippen LogP contribution in [0.5, 0.6) is 0 Å². The maximum atomic E-state index is 15.1. The standard InChI is InChI=1S/C26H26FN5O3/c1-18(33)30-15-21-16-32(25(34)35-21)20-7-8-24(23(27)13-20)31-11-9-26(17-29,10-12-31)22(14-28)19-5-3-2-4-6-19/h2-8,13,21-22H,9-12,15-16H2,1H3,(H,30,33)/t21-,22?/m0/s1. The molecule has 2 heterocycles. The molecule has 2 aromatic carbocycles. The fraction of sp³-hybridized carbons (Fsp3) is 0.385. The van der Waals surface area contributed by atoms with E-state index in [0.717, 1.165) is 5.56 Å². The van der Waals surface area contributed by atoms with Gasteiger partial charge in [-0.15, -0.1) is 0 Å². The molecule has 2 fully saturated rings. The van der Waals surface area contributed by atoms with E-state index < -0.39 is 29.3 Å². The van der Waals surface area contributed by atoms with Crippen LogP contribution in [-0.4, -0.2) is 44.3 Å². The van der Waals surface area contributed by atoms with Gasteiger partial charge in [0, 0.05) is 20.0 Å². The van der Waals surface area contributed by atoms with E-state index in [1.165, 1.54) is 17.9 Å². The summed E-state index contributed by atoms with van der Waals surface area (Å²) in [6.45, 7) is 2.64. The minimum atomic E-state index is -0.842. The van der Waals surface area contributed by atoms with E-state index in [1.807, 2.05) is 35.2 Å². The van der Waals surface area contributed by atoms with Crippen molar-refractivity contribution in [3.63, 3.8) is 0 Å². The van der Waals surface area contributed by atoms with Gasteiger partial charge in [0.25, 0.3) is 0 Å². The predicted molar refractivity (Wildman–Crippen MR) is 127 cm³/mol. The molecule has 35 heavy (non-hydrogen) atoms. The molecule has 180 valence electrons. The van der Waals surface area contributed by atoms with E-state index in [9.17, 15) is 20.1 Å². The highest BCUT2D eigenvalue weighted by Gasteiger charge is 2.43. The Hall–Kier alpha value is -4.11. The van der Waals surface area contributed by atoms with Crippen LogP contribution in [0.1, 0.15) is 31.2 Å². The van der Waals surface area contributed by atoms with E-state index >= 15 is 4.39 Å². The van der Waals surface area contributed by atoms with Crippen molar-refractivity contribution in [1.82, 2.24) is 5.32 Å². The summed E-state index contributed by atoms with van der Waals surface area (Å²) in [5.74, 6) is -1.26. The zero-order valence-electron chi connectivity index (χ0n) is 19.4. The van der Waals surface area contributed by atoms with Crippen LogP contribution in [0.4, 0.5) is 20.6 Å². The van der Waals surface area contributed by atoms with Gasteiger partial charge in [-0.25, -0.2) is 9.18 Å². The van der Waals surface area contributed by atoms with Crippen LogP contribution in [0, 0.1) is 33.9 Å². The Balaban J connectivity index is 1.45. The zero-order chi connectivity index (χ0) is 25.0. The second-order valence-electron chi connectivity index (χ2n) is 8.92. The van der Waals surface area contributed by atoms with Crippen molar-refractivity contribution in [3.8, 4) is 12.1 Å². The number of halogens is 1. The first-order valence-corrected chi connectivity index (χ1v) is 11.5. The Kier molecular flexibility index (Phi) is 6.88. The van der Waals surface area contributed by atoms with Gasteiger partial charge in [-0.2, -0.15) is 10.5 Å². The molecule has 0 bridgehead atoms. The largest absolute Gasteiger partial charge is 0.442 e. The van der Waals surface area contributed by atoms with E-state index in [2.05, 4.69) is 17.5 Å². The third-order valence-corrected chi connectivity index (χ3v) is 6.73. The predicted octanol–water partition coefficient (Wildman–Crippen LogP) is 3.70. The van der Waals surface area contributed by atoms with Gasteiger partial charge in [0.2, 0.25) is 5.91 Å². The molecule has 0 aromatic heterocycles. The SMILES string of the molecule is CC(=O)NC[C@H]1CN(c2ccc(N3CCC(C#N)(C(C#N)c4ccccc4)CC3)c(F)c2)C(=O)O1. The van der Waals surface area contributed by atoms with Crippen molar-refractivity contribution >= 4 is 23.4 Å². The normalized spacial score (nSPS) is 19.9. The van der Waals surface area contributed by atoms with Crippen molar-refractivity contribution in [2.75, 3.05) is 36.0 Å². The lowest BCUT2D eigenvalue weighted by Gasteiger charge is -2.41. The lowest BCUT2D eigenvalue weighted by Crippen LogP contribution is -2.42. The number of benzene rings is 2. The topological polar surface area (TPSA) is 109 Å². The number of rotatable bonds is 6. The number of cyclic esters (lactones) is 1. The van der Waals surface area contributed by atoms with Crippen molar-refractivity contribution in [3.05, 3.63) is 59.9 Å². The molecule has 1 unspecified atom stereocenters. The van der Waals surface area contributed by atoms with Gasteiger partial charge in [-0.05, 0) is 36.6 Å². The molecule has 2 amide bonds.